The third-order valence-electron chi connectivity index (χ3n) is 7.94. The van der Waals surface area contributed by atoms with Crippen LogP contribution in [0.4, 0.5) is 10.5 Å². The summed E-state index contributed by atoms with van der Waals surface area (Å²) in [6.45, 7) is 6.69. The molecule has 2 saturated heterocycles. The summed E-state index contributed by atoms with van der Waals surface area (Å²) in [7, 11) is 0. The van der Waals surface area contributed by atoms with Crippen molar-refractivity contribution < 1.29 is 9.59 Å². The smallest absolute Gasteiger partial charge is 0.321 e. The first-order valence-electron chi connectivity index (χ1n) is 12.6. The van der Waals surface area contributed by atoms with Crippen LogP contribution in [-0.2, 0) is 0 Å². The highest BCUT2D eigenvalue weighted by atomic mass is 16.2. The minimum absolute atomic E-state index is 0.0167. The van der Waals surface area contributed by atoms with E-state index >= 15 is 0 Å². The molecular formula is C28H30N6O2. The summed E-state index contributed by atoms with van der Waals surface area (Å²) >= 11 is 0. The maximum absolute atomic E-state index is 13.4. The first-order valence-corrected chi connectivity index (χ1v) is 12.6. The van der Waals surface area contributed by atoms with Gasteiger partial charge in [-0.1, -0.05) is 36.4 Å². The van der Waals surface area contributed by atoms with Crippen LogP contribution in [0.1, 0.15) is 41.0 Å². The van der Waals surface area contributed by atoms with Crippen LogP contribution < -0.4 is 5.32 Å². The van der Waals surface area contributed by atoms with Gasteiger partial charge in [0, 0.05) is 43.8 Å². The lowest BCUT2D eigenvalue weighted by molar-refractivity contribution is 0.0737. The van der Waals surface area contributed by atoms with E-state index in [1.807, 2.05) is 60.0 Å². The number of hydrogen-bond donors (Lipinski definition) is 1. The Morgan fingerprint density at radius 1 is 0.944 bits per heavy atom. The van der Waals surface area contributed by atoms with E-state index in [0.29, 0.717) is 18.7 Å². The fourth-order valence-electron chi connectivity index (χ4n) is 5.77. The highest BCUT2D eigenvalue weighted by molar-refractivity contribution is 6.01. The van der Waals surface area contributed by atoms with Gasteiger partial charge in [-0.05, 0) is 50.0 Å². The molecule has 0 bridgehead atoms. The molecule has 0 saturated carbocycles. The van der Waals surface area contributed by atoms with Crippen LogP contribution in [0.25, 0.3) is 16.4 Å². The van der Waals surface area contributed by atoms with Gasteiger partial charge in [-0.2, -0.15) is 5.10 Å². The Hall–Kier alpha value is -3.94. The number of nitrogens with one attached hydrogen (secondary N) is 1. The number of carbonyl (C=O) groups is 2. The number of piperidine rings is 1. The Bertz CT molecular complexity index is 1480. The van der Waals surface area contributed by atoms with Gasteiger partial charge in [0.25, 0.3) is 5.91 Å². The molecule has 3 amide bonds. The third kappa shape index (κ3) is 3.86. The van der Waals surface area contributed by atoms with Gasteiger partial charge in [0.05, 0.1) is 22.6 Å². The Kier molecular flexibility index (Phi) is 5.39. The Morgan fingerprint density at radius 2 is 1.67 bits per heavy atom. The van der Waals surface area contributed by atoms with E-state index in [-0.39, 0.29) is 17.4 Å². The van der Waals surface area contributed by atoms with Crippen LogP contribution in [0.2, 0.25) is 0 Å². The molecule has 1 N–H and O–H groups in total. The minimum Gasteiger partial charge on any atom is -0.338 e. The molecule has 2 fully saturated rings. The van der Waals surface area contributed by atoms with Crippen molar-refractivity contribution in [2.24, 2.45) is 5.41 Å². The van der Waals surface area contributed by atoms with E-state index < -0.39 is 0 Å². The predicted molar refractivity (Wildman–Crippen MR) is 139 cm³/mol. The van der Waals surface area contributed by atoms with Gasteiger partial charge in [-0.25, -0.2) is 14.3 Å². The molecule has 1 spiro atoms. The number of anilines is 1. The topological polar surface area (TPSA) is 82.8 Å². The molecule has 8 heteroatoms. The molecule has 2 aliphatic heterocycles. The van der Waals surface area contributed by atoms with Gasteiger partial charge in [-0.15, -0.1) is 0 Å². The summed E-state index contributed by atoms with van der Waals surface area (Å²) in [5, 5.41) is 9.74. The van der Waals surface area contributed by atoms with E-state index in [2.05, 4.69) is 27.5 Å². The lowest BCUT2D eigenvalue weighted by Crippen LogP contribution is -2.46. The predicted octanol–water partition coefficient (Wildman–Crippen LogP) is 4.66. The maximum Gasteiger partial charge on any atom is 0.321 e. The van der Waals surface area contributed by atoms with Gasteiger partial charge >= 0.3 is 6.03 Å². The molecule has 0 unspecified atom stereocenters. The van der Waals surface area contributed by atoms with Crippen molar-refractivity contribution in [2.75, 3.05) is 31.5 Å². The first-order chi connectivity index (χ1) is 17.4. The number of benzene rings is 2. The maximum atomic E-state index is 13.4. The standard InChI is InChI=1S/C28H30N6O2/c1-19-16-25-29-17-23(20(2)34(25)31-19)26(35)33-15-12-28(18-33)10-13-32(14-11-28)27(36)30-24-9-5-7-21-6-3-4-8-22(21)24/h3-9,16-17H,10-15,18H2,1-2H3,(H,30,36). The molecule has 36 heavy (non-hydrogen) atoms. The molecule has 2 aliphatic rings. The van der Waals surface area contributed by atoms with Crippen molar-refractivity contribution in [3.63, 3.8) is 0 Å². The molecule has 184 valence electrons. The molecule has 2 aromatic carbocycles. The van der Waals surface area contributed by atoms with Crippen LogP contribution in [0, 0.1) is 19.3 Å². The molecule has 6 rings (SSSR count). The molecule has 0 aliphatic carbocycles. The fourth-order valence-corrected chi connectivity index (χ4v) is 5.77. The molecule has 2 aromatic heterocycles. The zero-order chi connectivity index (χ0) is 24.9. The van der Waals surface area contributed by atoms with Crippen LogP contribution >= 0.6 is 0 Å². The summed E-state index contributed by atoms with van der Waals surface area (Å²) in [4.78, 5) is 34.8. The van der Waals surface area contributed by atoms with E-state index in [1.165, 1.54) is 0 Å². The summed E-state index contributed by atoms with van der Waals surface area (Å²) in [6.07, 6.45) is 4.44. The zero-order valence-corrected chi connectivity index (χ0v) is 20.7. The monoisotopic (exact) mass is 482 g/mol. The van der Waals surface area contributed by atoms with E-state index in [0.717, 1.165) is 65.8 Å². The average molecular weight is 483 g/mol. The third-order valence-corrected chi connectivity index (χ3v) is 7.94. The summed E-state index contributed by atoms with van der Waals surface area (Å²) in [6, 6.07) is 15.9. The number of aryl methyl sites for hydroxylation is 2. The summed E-state index contributed by atoms with van der Waals surface area (Å²) in [5.74, 6) is 0.0167. The number of hydrogen-bond acceptors (Lipinski definition) is 4. The zero-order valence-electron chi connectivity index (χ0n) is 20.7. The average Bonchev–Trinajstić information content (AvgIpc) is 3.48. The lowest BCUT2D eigenvalue weighted by Gasteiger charge is -2.39. The molecule has 0 radical (unpaired) electrons. The van der Waals surface area contributed by atoms with Crippen LogP contribution in [0.3, 0.4) is 0 Å². The number of likely N-dealkylation sites (tertiary alicyclic amines) is 2. The quantitative estimate of drug-likeness (QED) is 0.451. The molecular weight excluding hydrogens is 452 g/mol. The number of nitrogens with zero attached hydrogens (tertiary/aromatic N) is 5. The number of rotatable bonds is 2. The number of aromatic nitrogens is 3. The molecule has 4 heterocycles. The molecule has 0 atom stereocenters. The van der Waals surface area contributed by atoms with Crippen molar-refractivity contribution in [3.05, 3.63) is 71.7 Å². The molecule has 4 aromatic rings. The van der Waals surface area contributed by atoms with Gasteiger partial charge in [0.1, 0.15) is 0 Å². The fraction of sp³-hybridized carbons (Fsp3) is 0.357. The second kappa shape index (κ2) is 8.62. The van der Waals surface area contributed by atoms with Gasteiger partial charge in [0.15, 0.2) is 5.65 Å². The SMILES string of the molecule is Cc1cc2ncc(C(=O)N3CCC4(CCN(C(=O)Nc5cccc6ccccc56)CC4)C3)c(C)n2n1. The van der Waals surface area contributed by atoms with Gasteiger partial charge < -0.3 is 15.1 Å². The minimum atomic E-state index is -0.0587. The second-order valence-corrected chi connectivity index (χ2v) is 10.2. The summed E-state index contributed by atoms with van der Waals surface area (Å²) in [5.41, 5.74) is 3.97. The number of amides is 3. The van der Waals surface area contributed by atoms with Crippen molar-refractivity contribution in [3.8, 4) is 0 Å². The van der Waals surface area contributed by atoms with Gasteiger partial charge in [0.2, 0.25) is 0 Å². The van der Waals surface area contributed by atoms with Gasteiger partial charge in [-0.3, -0.25) is 4.79 Å². The van der Waals surface area contributed by atoms with E-state index in [4.69, 9.17) is 0 Å². The molecule has 8 nitrogen and oxygen atoms in total. The summed E-state index contributed by atoms with van der Waals surface area (Å²) < 4.78 is 1.75. The van der Waals surface area contributed by atoms with E-state index in [1.54, 1.807) is 10.7 Å². The van der Waals surface area contributed by atoms with Crippen molar-refractivity contribution in [2.45, 2.75) is 33.1 Å². The lowest BCUT2D eigenvalue weighted by atomic mass is 9.78. The highest BCUT2D eigenvalue weighted by Crippen LogP contribution is 2.41. The van der Waals surface area contributed by atoms with Crippen LogP contribution in [0.15, 0.2) is 54.7 Å². The largest absolute Gasteiger partial charge is 0.338 e. The van der Waals surface area contributed by atoms with Crippen LogP contribution in [0.5, 0.6) is 0 Å². The Morgan fingerprint density at radius 3 is 2.47 bits per heavy atom. The van der Waals surface area contributed by atoms with Crippen molar-refractivity contribution in [1.29, 1.82) is 0 Å². The van der Waals surface area contributed by atoms with Crippen molar-refractivity contribution in [1.82, 2.24) is 24.4 Å². The van der Waals surface area contributed by atoms with Crippen molar-refractivity contribution >= 4 is 34.0 Å². The second-order valence-electron chi connectivity index (χ2n) is 10.2. The van der Waals surface area contributed by atoms with Crippen LogP contribution in [-0.4, -0.2) is 62.5 Å². The number of carbonyl (C=O) groups excluding carboxylic acids is 2. The Balaban J connectivity index is 1.10. The number of fused-ring (bicyclic) bond motifs is 2. The number of urea groups is 1. The highest BCUT2D eigenvalue weighted by Gasteiger charge is 2.43. The van der Waals surface area contributed by atoms with E-state index in [9.17, 15) is 9.59 Å². The Labute approximate surface area is 209 Å². The first kappa shape index (κ1) is 22.5. The normalized spacial score (nSPS) is 17.3.